The average Bonchev–Trinajstić information content (AvgIpc) is 2.76. The summed E-state index contributed by atoms with van der Waals surface area (Å²) < 4.78 is 6.68. The predicted octanol–water partition coefficient (Wildman–Crippen LogP) is 0.211. The second-order valence-electron chi connectivity index (χ2n) is 3.05. The van der Waals surface area contributed by atoms with Gasteiger partial charge in [0.15, 0.2) is 0 Å². The molecular weight excluding hydrogens is 208 g/mol. The Bertz CT molecular complexity index is 494. The Labute approximate surface area is 92.3 Å². The van der Waals surface area contributed by atoms with Crippen molar-refractivity contribution in [2.24, 2.45) is 0 Å². The van der Waals surface area contributed by atoms with Gasteiger partial charge in [-0.3, -0.25) is 4.57 Å². The molecule has 0 aromatic carbocycles. The number of ether oxygens (including phenoxy) is 1. The highest BCUT2D eigenvalue weighted by atomic mass is 16.5. The number of hydrogen-bond donors (Lipinski definition) is 1. The molecule has 0 aliphatic carbocycles. The van der Waals surface area contributed by atoms with Gasteiger partial charge in [-0.15, -0.1) is 0 Å². The van der Waals surface area contributed by atoms with Crippen LogP contribution in [0.15, 0.2) is 12.4 Å². The first-order valence-corrected chi connectivity index (χ1v) is 4.82. The summed E-state index contributed by atoms with van der Waals surface area (Å²) >= 11 is 0. The maximum absolute atomic E-state index is 5.56. The molecule has 0 fully saturated rings. The van der Waals surface area contributed by atoms with Crippen LogP contribution in [0.4, 0.5) is 5.95 Å². The lowest BCUT2D eigenvalue weighted by Crippen LogP contribution is -2.09. The topological polar surface area (TPSA) is 91.7 Å². The zero-order valence-electron chi connectivity index (χ0n) is 9.08. The molecule has 0 saturated heterocycles. The van der Waals surface area contributed by atoms with E-state index in [0.717, 1.165) is 12.2 Å². The van der Waals surface area contributed by atoms with Gasteiger partial charge in [0.05, 0.1) is 7.11 Å². The van der Waals surface area contributed by atoms with E-state index < -0.39 is 0 Å². The van der Waals surface area contributed by atoms with Crippen LogP contribution < -0.4 is 10.5 Å². The van der Waals surface area contributed by atoms with Gasteiger partial charge >= 0.3 is 6.01 Å². The van der Waals surface area contributed by atoms with E-state index in [0.29, 0.717) is 5.95 Å². The number of aromatic nitrogens is 5. The standard InChI is InChI=1S/C9H12N6O/c1-3-6-11-4-5-15(6)8-12-7(10)13-9(14-8)16-2/h4-5H,3H2,1-2H3,(H2,10,12,13,14). The molecule has 0 aliphatic rings. The van der Waals surface area contributed by atoms with Crippen molar-refractivity contribution in [1.82, 2.24) is 24.5 Å². The van der Waals surface area contributed by atoms with Crippen LogP contribution in [-0.2, 0) is 6.42 Å². The van der Waals surface area contributed by atoms with E-state index in [9.17, 15) is 0 Å². The van der Waals surface area contributed by atoms with Crippen LogP contribution in [-0.4, -0.2) is 31.6 Å². The fourth-order valence-electron chi connectivity index (χ4n) is 1.34. The van der Waals surface area contributed by atoms with Gasteiger partial charge in [0.2, 0.25) is 11.9 Å². The van der Waals surface area contributed by atoms with Crippen molar-refractivity contribution in [1.29, 1.82) is 0 Å². The second kappa shape index (κ2) is 4.13. The van der Waals surface area contributed by atoms with Gasteiger partial charge < -0.3 is 10.5 Å². The smallest absolute Gasteiger partial charge is 0.322 e. The summed E-state index contributed by atoms with van der Waals surface area (Å²) in [5.74, 6) is 1.39. The molecule has 0 bridgehead atoms. The number of nitrogen functional groups attached to an aromatic ring is 1. The van der Waals surface area contributed by atoms with E-state index in [-0.39, 0.29) is 12.0 Å². The van der Waals surface area contributed by atoms with E-state index >= 15 is 0 Å². The summed E-state index contributed by atoms with van der Waals surface area (Å²) in [6, 6.07) is 0.193. The molecule has 2 heterocycles. The molecule has 84 valence electrons. The maximum Gasteiger partial charge on any atom is 0.322 e. The number of nitrogens with two attached hydrogens (primary N) is 1. The molecule has 0 unspecified atom stereocenters. The number of hydrogen-bond acceptors (Lipinski definition) is 6. The fraction of sp³-hybridized carbons (Fsp3) is 0.333. The first-order valence-electron chi connectivity index (χ1n) is 4.82. The SMILES string of the molecule is CCc1nccn1-c1nc(N)nc(OC)n1. The third kappa shape index (κ3) is 1.79. The van der Waals surface area contributed by atoms with Crippen LogP contribution in [0.5, 0.6) is 6.01 Å². The summed E-state index contributed by atoms with van der Waals surface area (Å²) in [5.41, 5.74) is 5.56. The first kappa shape index (κ1) is 10.3. The summed E-state index contributed by atoms with van der Waals surface area (Å²) in [6.07, 6.45) is 4.24. The predicted molar refractivity (Wildman–Crippen MR) is 57.3 cm³/mol. The highest BCUT2D eigenvalue weighted by molar-refractivity contribution is 5.26. The molecule has 0 amide bonds. The van der Waals surface area contributed by atoms with E-state index in [1.165, 1.54) is 7.11 Å². The van der Waals surface area contributed by atoms with Crippen molar-refractivity contribution in [3.8, 4) is 12.0 Å². The Hall–Kier alpha value is -2.18. The number of methoxy groups -OCH3 is 1. The van der Waals surface area contributed by atoms with Gasteiger partial charge in [0, 0.05) is 18.8 Å². The lowest BCUT2D eigenvalue weighted by molar-refractivity contribution is 0.378. The first-order chi connectivity index (χ1) is 7.74. The Morgan fingerprint density at radius 2 is 2.19 bits per heavy atom. The molecule has 7 nitrogen and oxygen atoms in total. The molecule has 7 heteroatoms. The van der Waals surface area contributed by atoms with Gasteiger partial charge in [0.25, 0.3) is 0 Å². The summed E-state index contributed by atoms with van der Waals surface area (Å²) in [4.78, 5) is 16.1. The van der Waals surface area contributed by atoms with Crippen molar-refractivity contribution >= 4 is 5.95 Å². The number of imidazole rings is 1. The van der Waals surface area contributed by atoms with Crippen LogP contribution in [0, 0.1) is 0 Å². The molecule has 2 N–H and O–H groups in total. The number of rotatable bonds is 3. The van der Waals surface area contributed by atoms with Crippen molar-refractivity contribution in [2.75, 3.05) is 12.8 Å². The summed E-state index contributed by atoms with van der Waals surface area (Å²) in [6.45, 7) is 2.00. The molecular formula is C9H12N6O. The van der Waals surface area contributed by atoms with Gasteiger partial charge in [-0.25, -0.2) is 4.98 Å². The molecule has 0 saturated carbocycles. The minimum atomic E-state index is 0.123. The van der Waals surface area contributed by atoms with Crippen LogP contribution in [0.2, 0.25) is 0 Å². The number of nitrogens with zero attached hydrogens (tertiary/aromatic N) is 5. The highest BCUT2D eigenvalue weighted by Crippen LogP contribution is 2.10. The lowest BCUT2D eigenvalue weighted by atomic mass is 10.4. The third-order valence-corrected chi connectivity index (χ3v) is 2.05. The Kier molecular flexibility index (Phi) is 2.67. The molecule has 16 heavy (non-hydrogen) atoms. The van der Waals surface area contributed by atoms with Crippen molar-refractivity contribution < 1.29 is 4.74 Å². The van der Waals surface area contributed by atoms with Gasteiger partial charge in [-0.2, -0.15) is 15.0 Å². The second-order valence-corrected chi connectivity index (χ2v) is 3.05. The molecule has 0 radical (unpaired) electrons. The normalized spacial score (nSPS) is 10.4. The van der Waals surface area contributed by atoms with Crippen LogP contribution in [0.25, 0.3) is 5.95 Å². The Morgan fingerprint density at radius 1 is 1.38 bits per heavy atom. The fourth-order valence-corrected chi connectivity index (χ4v) is 1.34. The van der Waals surface area contributed by atoms with E-state index in [1.807, 2.05) is 6.92 Å². The van der Waals surface area contributed by atoms with Crippen LogP contribution in [0.3, 0.4) is 0 Å². The van der Waals surface area contributed by atoms with Crippen molar-refractivity contribution in [2.45, 2.75) is 13.3 Å². The highest BCUT2D eigenvalue weighted by Gasteiger charge is 2.09. The van der Waals surface area contributed by atoms with Crippen LogP contribution >= 0.6 is 0 Å². The zero-order chi connectivity index (χ0) is 11.5. The van der Waals surface area contributed by atoms with E-state index in [2.05, 4.69) is 19.9 Å². The number of anilines is 1. The summed E-state index contributed by atoms with van der Waals surface area (Å²) in [5, 5.41) is 0. The molecule has 2 rings (SSSR count). The quantitative estimate of drug-likeness (QED) is 0.795. The molecule has 2 aromatic rings. The van der Waals surface area contributed by atoms with E-state index in [1.54, 1.807) is 17.0 Å². The van der Waals surface area contributed by atoms with Crippen molar-refractivity contribution in [3.05, 3.63) is 18.2 Å². The maximum atomic E-state index is 5.56. The van der Waals surface area contributed by atoms with E-state index in [4.69, 9.17) is 10.5 Å². The summed E-state index contributed by atoms with van der Waals surface area (Å²) in [7, 11) is 1.48. The minimum absolute atomic E-state index is 0.123. The lowest BCUT2D eigenvalue weighted by Gasteiger charge is -2.06. The Morgan fingerprint density at radius 3 is 2.88 bits per heavy atom. The van der Waals surface area contributed by atoms with Crippen molar-refractivity contribution in [3.63, 3.8) is 0 Å². The third-order valence-electron chi connectivity index (χ3n) is 2.05. The van der Waals surface area contributed by atoms with Crippen LogP contribution in [0.1, 0.15) is 12.7 Å². The minimum Gasteiger partial charge on any atom is -0.467 e. The van der Waals surface area contributed by atoms with Gasteiger partial charge in [0.1, 0.15) is 5.82 Å². The Balaban J connectivity index is 2.51. The molecule has 0 atom stereocenters. The van der Waals surface area contributed by atoms with Gasteiger partial charge in [-0.05, 0) is 0 Å². The largest absolute Gasteiger partial charge is 0.467 e. The van der Waals surface area contributed by atoms with Gasteiger partial charge in [-0.1, -0.05) is 6.92 Å². The monoisotopic (exact) mass is 220 g/mol. The molecule has 0 aliphatic heterocycles. The molecule has 2 aromatic heterocycles. The average molecular weight is 220 g/mol. The molecule has 0 spiro atoms. The zero-order valence-corrected chi connectivity index (χ0v) is 9.08. The number of aryl methyl sites for hydroxylation is 1.